The molecule has 2 aromatic heterocycles. The van der Waals surface area contributed by atoms with Crippen LogP contribution in [-0.4, -0.2) is 9.55 Å². The minimum Gasteiger partial charge on any atom is -0.397 e. The van der Waals surface area contributed by atoms with Crippen LogP contribution in [0.4, 0.5) is 5.69 Å². The molecular weight excluding hydrogens is 274 g/mol. The number of nitrogens with two attached hydrogens (primary N) is 1. The smallest absolute Gasteiger partial charge is 0.250 e. The fourth-order valence-electron chi connectivity index (χ4n) is 4.11. The molecule has 0 saturated heterocycles. The largest absolute Gasteiger partial charge is 0.397 e. The number of hydrogen-bond donors (Lipinski definition) is 1. The molecule has 0 amide bonds. The van der Waals surface area contributed by atoms with E-state index in [1.165, 1.54) is 5.56 Å². The van der Waals surface area contributed by atoms with Gasteiger partial charge in [-0.2, -0.15) is 0 Å². The summed E-state index contributed by atoms with van der Waals surface area (Å²) in [4.78, 5) is 16.2. The Bertz CT molecular complexity index is 697. The van der Waals surface area contributed by atoms with E-state index in [1.807, 2.05) is 29.1 Å². The molecule has 22 heavy (non-hydrogen) atoms. The molecule has 0 bridgehead atoms. The van der Waals surface area contributed by atoms with Gasteiger partial charge in [0, 0.05) is 24.5 Å². The van der Waals surface area contributed by atoms with Gasteiger partial charge in [-0.05, 0) is 48.3 Å². The number of aromatic nitrogens is 2. The third kappa shape index (κ3) is 2.65. The van der Waals surface area contributed by atoms with Gasteiger partial charge in [-0.25, -0.2) is 0 Å². The van der Waals surface area contributed by atoms with E-state index in [2.05, 4.69) is 18.8 Å². The Morgan fingerprint density at radius 3 is 2.55 bits per heavy atom. The summed E-state index contributed by atoms with van der Waals surface area (Å²) in [7, 11) is 0. The van der Waals surface area contributed by atoms with Gasteiger partial charge in [-0.3, -0.25) is 9.78 Å². The number of nitrogens with zero attached hydrogens (tertiary/aromatic N) is 2. The van der Waals surface area contributed by atoms with Crippen molar-refractivity contribution in [3.63, 3.8) is 0 Å². The standard InChI is InChI=1S/C18H23N3O/c1-12-9-14(15-6-7-20-11-16(15)19)10-13(2)18(12)21-8-4-3-5-17(21)22/h3-8,11-14,18H,9-10,19H2,1-2H3/t12-,13+,14?,18?. The van der Waals surface area contributed by atoms with Gasteiger partial charge in [0.1, 0.15) is 0 Å². The maximum atomic E-state index is 12.1. The highest BCUT2D eigenvalue weighted by Crippen LogP contribution is 2.45. The van der Waals surface area contributed by atoms with Gasteiger partial charge in [-0.15, -0.1) is 0 Å². The van der Waals surface area contributed by atoms with Crippen LogP contribution < -0.4 is 11.3 Å². The quantitative estimate of drug-likeness (QED) is 0.926. The molecule has 0 aliphatic heterocycles. The SMILES string of the molecule is C[C@@H]1CC(c2ccncc2N)C[C@H](C)C1n1ccccc1=O. The Morgan fingerprint density at radius 2 is 1.91 bits per heavy atom. The number of rotatable bonds is 2. The van der Waals surface area contributed by atoms with Crippen LogP contribution in [-0.2, 0) is 0 Å². The number of hydrogen-bond acceptors (Lipinski definition) is 3. The van der Waals surface area contributed by atoms with Crippen molar-refractivity contribution in [2.45, 2.75) is 38.6 Å². The van der Waals surface area contributed by atoms with Crippen LogP contribution in [0.15, 0.2) is 47.7 Å². The molecule has 1 saturated carbocycles. The molecule has 116 valence electrons. The summed E-state index contributed by atoms with van der Waals surface area (Å²) in [5, 5.41) is 0. The van der Waals surface area contributed by atoms with Crippen LogP contribution in [0.1, 0.15) is 44.2 Å². The first-order chi connectivity index (χ1) is 10.6. The topological polar surface area (TPSA) is 60.9 Å². The summed E-state index contributed by atoms with van der Waals surface area (Å²) in [6.45, 7) is 4.48. The first-order valence-electron chi connectivity index (χ1n) is 7.94. The molecule has 0 radical (unpaired) electrons. The second-order valence-corrected chi connectivity index (χ2v) is 6.56. The van der Waals surface area contributed by atoms with E-state index in [-0.39, 0.29) is 11.6 Å². The second-order valence-electron chi connectivity index (χ2n) is 6.56. The Balaban J connectivity index is 1.88. The minimum absolute atomic E-state index is 0.0908. The molecule has 2 aromatic rings. The molecule has 0 spiro atoms. The maximum absolute atomic E-state index is 12.1. The highest BCUT2D eigenvalue weighted by molar-refractivity contribution is 5.46. The van der Waals surface area contributed by atoms with Gasteiger partial charge in [0.2, 0.25) is 0 Å². The number of nitrogen functional groups attached to an aromatic ring is 1. The van der Waals surface area contributed by atoms with Crippen LogP contribution in [0.5, 0.6) is 0 Å². The van der Waals surface area contributed by atoms with Crippen LogP contribution >= 0.6 is 0 Å². The molecule has 1 aliphatic rings. The molecule has 4 heteroatoms. The lowest BCUT2D eigenvalue weighted by atomic mass is 9.70. The Kier molecular flexibility index (Phi) is 4.01. The molecule has 4 atom stereocenters. The van der Waals surface area contributed by atoms with Crippen LogP contribution in [0.2, 0.25) is 0 Å². The molecule has 4 nitrogen and oxygen atoms in total. The predicted molar refractivity (Wildman–Crippen MR) is 88.7 cm³/mol. The van der Waals surface area contributed by atoms with Crippen molar-refractivity contribution >= 4 is 5.69 Å². The van der Waals surface area contributed by atoms with Crippen molar-refractivity contribution < 1.29 is 0 Å². The second kappa shape index (κ2) is 5.95. The Hall–Kier alpha value is -2.10. The van der Waals surface area contributed by atoms with Crippen molar-refractivity contribution in [2.24, 2.45) is 11.8 Å². The van der Waals surface area contributed by atoms with Crippen molar-refractivity contribution in [3.05, 3.63) is 58.8 Å². The molecule has 2 unspecified atom stereocenters. The van der Waals surface area contributed by atoms with E-state index in [4.69, 9.17) is 5.73 Å². The van der Waals surface area contributed by atoms with Crippen molar-refractivity contribution in [2.75, 3.05) is 5.73 Å². The Labute approximate surface area is 131 Å². The van der Waals surface area contributed by atoms with Gasteiger partial charge >= 0.3 is 0 Å². The molecular formula is C18H23N3O. The summed E-state index contributed by atoms with van der Waals surface area (Å²) in [5.41, 5.74) is 8.17. The van der Waals surface area contributed by atoms with E-state index in [0.717, 1.165) is 18.5 Å². The molecule has 0 aromatic carbocycles. The normalized spacial score (nSPS) is 28.5. The van der Waals surface area contributed by atoms with Crippen LogP contribution in [0.25, 0.3) is 0 Å². The molecule has 2 N–H and O–H groups in total. The van der Waals surface area contributed by atoms with Crippen LogP contribution in [0, 0.1) is 11.8 Å². The lowest BCUT2D eigenvalue weighted by Gasteiger charge is -2.40. The van der Waals surface area contributed by atoms with E-state index < -0.39 is 0 Å². The van der Waals surface area contributed by atoms with Crippen LogP contribution in [0.3, 0.4) is 0 Å². The monoisotopic (exact) mass is 297 g/mol. The summed E-state index contributed by atoms with van der Waals surface area (Å²) in [6.07, 6.45) is 7.56. The summed E-state index contributed by atoms with van der Waals surface area (Å²) < 4.78 is 1.90. The Morgan fingerprint density at radius 1 is 1.18 bits per heavy atom. The van der Waals surface area contributed by atoms with Gasteiger partial charge in [-0.1, -0.05) is 19.9 Å². The van der Waals surface area contributed by atoms with E-state index in [9.17, 15) is 4.79 Å². The third-order valence-electron chi connectivity index (χ3n) is 4.98. The lowest BCUT2D eigenvalue weighted by molar-refractivity contribution is 0.161. The van der Waals surface area contributed by atoms with Crippen molar-refractivity contribution in [1.82, 2.24) is 9.55 Å². The molecule has 3 rings (SSSR count). The summed E-state index contributed by atoms with van der Waals surface area (Å²) in [6, 6.07) is 7.68. The van der Waals surface area contributed by atoms with E-state index in [0.29, 0.717) is 17.8 Å². The summed E-state index contributed by atoms with van der Waals surface area (Å²) >= 11 is 0. The van der Waals surface area contributed by atoms with Crippen molar-refractivity contribution in [1.29, 1.82) is 0 Å². The van der Waals surface area contributed by atoms with Gasteiger partial charge in [0.15, 0.2) is 0 Å². The van der Waals surface area contributed by atoms with Crippen molar-refractivity contribution in [3.8, 4) is 0 Å². The summed E-state index contributed by atoms with van der Waals surface area (Å²) in [5.74, 6) is 1.31. The highest BCUT2D eigenvalue weighted by Gasteiger charge is 2.35. The first-order valence-corrected chi connectivity index (χ1v) is 7.94. The lowest BCUT2D eigenvalue weighted by Crippen LogP contribution is -2.36. The van der Waals surface area contributed by atoms with Gasteiger partial charge in [0.25, 0.3) is 5.56 Å². The first kappa shape index (κ1) is 14.8. The average Bonchev–Trinajstić information content (AvgIpc) is 2.49. The van der Waals surface area contributed by atoms with Gasteiger partial charge < -0.3 is 10.3 Å². The zero-order valence-corrected chi connectivity index (χ0v) is 13.1. The molecule has 2 heterocycles. The average molecular weight is 297 g/mol. The molecule has 1 aliphatic carbocycles. The number of anilines is 1. The van der Waals surface area contributed by atoms with E-state index >= 15 is 0 Å². The fourth-order valence-corrected chi connectivity index (χ4v) is 4.11. The fraction of sp³-hybridized carbons (Fsp3) is 0.444. The van der Waals surface area contributed by atoms with E-state index in [1.54, 1.807) is 18.3 Å². The maximum Gasteiger partial charge on any atom is 0.250 e. The molecule has 1 fully saturated rings. The predicted octanol–water partition coefficient (Wildman–Crippen LogP) is 3.22. The minimum atomic E-state index is 0.0908. The highest BCUT2D eigenvalue weighted by atomic mass is 16.1. The van der Waals surface area contributed by atoms with Gasteiger partial charge in [0.05, 0.1) is 11.9 Å². The number of pyridine rings is 2. The zero-order chi connectivity index (χ0) is 15.7. The zero-order valence-electron chi connectivity index (χ0n) is 13.1. The third-order valence-corrected chi connectivity index (χ3v) is 4.98.